The molecule has 6 rings (SSSR count). The number of fused-ring (bicyclic) bond motifs is 1. The fraction of sp³-hybridized carbons (Fsp3) is 0.657. The van der Waals surface area contributed by atoms with Gasteiger partial charge in [0, 0.05) is 102 Å². The smallest absolute Gasteiger partial charge is 0.264 e. The van der Waals surface area contributed by atoms with Crippen molar-refractivity contribution >= 4 is 11.6 Å². The molecule has 4 aliphatic rings. The SMILES string of the molecule is COC1(CN2CCC(N(N)C3=C(C(C)N4CCCc5cc(-c6cnn(C)c6)c(C(F)F)cc54)CN(C(C)=O)CC3)CC2)CCNCC1. The van der Waals surface area contributed by atoms with Crippen molar-refractivity contribution in [3.8, 4) is 11.1 Å². The zero-order valence-electron chi connectivity index (χ0n) is 28.5. The number of ether oxygens (including phenoxy) is 1. The van der Waals surface area contributed by atoms with Gasteiger partial charge in [0.2, 0.25) is 5.91 Å². The van der Waals surface area contributed by atoms with E-state index in [1.165, 1.54) is 0 Å². The highest BCUT2D eigenvalue weighted by molar-refractivity contribution is 5.75. The van der Waals surface area contributed by atoms with E-state index in [0.29, 0.717) is 30.6 Å². The molecule has 12 heteroatoms. The van der Waals surface area contributed by atoms with Crippen molar-refractivity contribution in [2.24, 2.45) is 12.9 Å². The van der Waals surface area contributed by atoms with Crippen LogP contribution in [-0.2, 0) is 23.0 Å². The van der Waals surface area contributed by atoms with Crippen molar-refractivity contribution < 1.29 is 18.3 Å². The number of likely N-dealkylation sites (tertiary alicyclic amines) is 1. The third kappa shape index (κ3) is 7.06. The third-order valence-electron chi connectivity index (χ3n) is 11.1. The number of aromatic nitrogens is 2. The largest absolute Gasteiger partial charge is 0.377 e. The minimum Gasteiger partial charge on any atom is -0.377 e. The van der Waals surface area contributed by atoms with Crippen LogP contribution in [0.2, 0.25) is 0 Å². The molecular formula is C35H52F2N8O2. The monoisotopic (exact) mass is 654 g/mol. The van der Waals surface area contributed by atoms with Gasteiger partial charge >= 0.3 is 0 Å². The van der Waals surface area contributed by atoms with Crippen LogP contribution >= 0.6 is 0 Å². The number of carbonyl (C=O) groups excluding carboxylic acids is 1. The normalized spacial score (nSPS) is 21.7. The van der Waals surface area contributed by atoms with Crippen molar-refractivity contribution in [2.75, 3.05) is 64.4 Å². The molecule has 10 nitrogen and oxygen atoms in total. The van der Waals surface area contributed by atoms with Crippen LogP contribution in [0.1, 0.15) is 69.9 Å². The molecule has 1 aromatic heterocycles. The van der Waals surface area contributed by atoms with Crippen LogP contribution in [-0.4, -0.2) is 108 Å². The summed E-state index contributed by atoms with van der Waals surface area (Å²) in [5, 5.41) is 9.67. The predicted octanol–water partition coefficient (Wildman–Crippen LogP) is 4.08. The van der Waals surface area contributed by atoms with Crippen LogP contribution in [0.5, 0.6) is 0 Å². The molecule has 258 valence electrons. The number of piperidine rings is 2. The van der Waals surface area contributed by atoms with Crippen LogP contribution in [0.4, 0.5) is 14.5 Å². The summed E-state index contributed by atoms with van der Waals surface area (Å²) >= 11 is 0. The van der Waals surface area contributed by atoms with Crippen LogP contribution in [0.25, 0.3) is 11.1 Å². The van der Waals surface area contributed by atoms with Gasteiger partial charge in [-0.25, -0.2) is 14.6 Å². The number of alkyl halides is 2. The summed E-state index contributed by atoms with van der Waals surface area (Å²) in [4.78, 5) is 19.3. The number of nitrogens with two attached hydrogens (primary N) is 1. The van der Waals surface area contributed by atoms with Gasteiger partial charge in [0.1, 0.15) is 0 Å². The molecule has 2 fully saturated rings. The number of hydrazine groups is 1. The highest BCUT2D eigenvalue weighted by Crippen LogP contribution is 2.41. The van der Waals surface area contributed by atoms with Gasteiger partial charge in [-0.2, -0.15) is 5.10 Å². The van der Waals surface area contributed by atoms with Gasteiger partial charge in [0.15, 0.2) is 0 Å². The number of benzene rings is 1. The summed E-state index contributed by atoms with van der Waals surface area (Å²) < 4.78 is 36.8. The van der Waals surface area contributed by atoms with E-state index < -0.39 is 6.43 Å². The summed E-state index contributed by atoms with van der Waals surface area (Å²) in [6, 6.07) is 3.70. The first-order valence-electron chi connectivity index (χ1n) is 17.3. The quantitative estimate of drug-likeness (QED) is 0.309. The molecule has 0 bridgehead atoms. The number of carbonyl (C=O) groups is 1. The van der Waals surface area contributed by atoms with E-state index in [9.17, 15) is 13.6 Å². The van der Waals surface area contributed by atoms with Crippen molar-refractivity contribution in [3.63, 3.8) is 0 Å². The molecule has 1 amide bonds. The van der Waals surface area contributed by atoms with Gasteiger partial charge in [0.05, 0.1) is 17.8 Å². The predicted molar refractivity (Wildman–Crippen MR) is 180 cm³/mol. The minimum atomic E-state index is -2.62. The number of nitrogens with one attached hydrogen (secondary N) is 1. The molecule has 0 saturated carbocycles. The molecule has 0 radical (unpaired) electrons. The van der Waals surface area contributed by atoms with E-state index in [0.717, 1.165) is 100 Å². The summed E-state index contributed by atoms with van der Waals surface area (Å²) in [7, 11) is 3.64. The fourth-order valence-corrected chi connectivity index (χ4v) is 8.27. The lowest BCUT2D eigenvalue weighted by Crippen LogP contribution is -2.55. The Morgan fingerprint density at radius 1 is 1.17 bits per heavy atom. The molecule has 4 aliphatic heterocycles. The second kappa shape index (κ2) is 14.2. The van der Waals surface area contributed by atoms with E-state index in [-0.39, 0.29) is 29.2 Å². The number of amides is 1. The number of aryl methyl sites for hydroxylation is 2. The molecule has 1 aromatic carbocycles. The molecule has 2 saturated heterocycles. The molecule has 0 aliphatic carbocycles. The Kier molecular flexibility index (Phi) is 10.2. The van der Waals surface area contributed by atoms with Crippen LogP contribution in [0.15, 0.2) is 35.8 Å². The van der Waals surface area contributed by atoms with Crippen LogP contribution < -0.4 is 16.1 Å². The van der Waals surface area contributed by atoms with Crippen LogP contribution in [0.3, 0.4) is 0 Å². The topological polar surface area (TPSA) is 95.1 Å². The summed E-state index contributed by atoms with van der Waals surface area (Å²) in [5.74, 6) is 7.06. The van der Waals surface area contributed by atoms with Gasteiger partial charge < -0.3 is 29.8 Å². The maximum absolute atomic E-state index is 14.6. The Morgan fingerprint density at radius 3 is 2.55 bits per heavy atom. The molecule has 1 atom stereocenters. The Labute approximate surface area is 277 Å². The molecule has 3 N–H and O–H groups in total. The molecule has 0 spiro atoms. The second-order valence-electron chi connectivity index (χ2n) is 14.0. The Balaban J connectivity index is 1.25. The highest BCUT2D eigenvalue weighted by atomic mass is 19.3. The highest BCUT2D eigenvalue weighted by Gasteiger charge is 2.37. The van der Waals surface area contributed by atoms with Gasteiger partial charge in [-0.3, -0.25) is 9.48 Å². The average Bonchev–Trinajstić information content (AvgIpc) is 3.53. The van der Waals surface area contributed by atoms with Crippen molar-refractivity contribution in [2.45, 2.75) is 82.9 Å². The van der Waals surface area contributed by atoms with Crippen molar-refractivity contribution in [3.05, 3.63) is 46.9 Å². The van der Waals surface area contributed by atoms with E-state index in [1.807, 2.05) is 23.1 Å². The summed E-state index contributed by atoms with van der Waals surface area (Å²) in [5.41, 5.74) is 5.28. The maximum Gasteiger partial charge on any atom is 0.264 e. The molecule has 1 unspecified atom stereocenters. The molecule has 2 aromatic rings. The standard InChI is InChI=1S/C35H52F2N8O2/c1-24(44-14-5-6-26-18-29(27-20-40-41(3)21-27)30(34(36)37)19-33(26)44)31-22-43(25(2)46)17-9-32(31)45(38)28-7-15-42(16-8-28)23-35(47-4)10-12-39-13-11-35/h18-21,24,28,34,39H,5-17,22-23,38H2,1-4H3. The number of hydrogen-bond donors (Lipinski definition) is 2. The lowest BCUT2D eigenvalue weighted by atomic mass is 9.89. The number of hydrogen-bond acceptors (Lipinski definition) is 8. The zero-order valence-corrected chi connectivity index (χ0v) is 28.5. The fourth-order valence-electron chi connectivity index (χ4n) is 8.27. The Hall–Kier alpha value is -3.06. The van der Waals surface area contributed by atoms with Gasteiger partial charge in [-0.1, -0.05) is 0 Å². The second-order valence-corrected chi connectivity index (χ2v) is 14.0. The van der Waals surface area contributed by atoms with Gasteiger partial charge in [0.25, 0.3) is 6.43 Å². The van der Waals surface area contributed by atoms with Gasteiger partial charge in [-0.05, 0) is 87.4 Å². The molecular weight excluding hydrogens is 602 g/mol. The Morgan fingerprint density at radius 2 is 1.91 bits per heavy atom. The average molecular weight is 655 g/mol. The third-order valence-corrected chi connectivity index (χ3v) is 11.1. The van der Waals surface area contributed by atoms with E-state index in [1.54, 1.807) is 37.1 Å². The van der Waals surface area contributed by atoms with Crippen LogP contribution in [0, 0.1) is 0 Å². The van der Waals surface area contributed by atoms with Gasteiger partial charge in [-0.15, -0.1) is 0 Å². The van der Waals surface area contributed by atoms with Crippen molar-refractivity contribution in [1.82, 2.24) is 29.9 Å². The van der Waals surface area contributed by atoms with Crippen molar-refractivity contribution in [1.29, 1.82) is 0 Å². The van der Waals surface area contributed by atoms with E-state index in [2.05, 4.69) is 27.1 Å². The summed E-state index contributed by atoms with van der Waals surface area (Å²) in [6.07, 6.45) is 7.20. The molecule has 5 heterocycles. The zero-order chi connectivity index (χ0) is 33.3. The number of rotatable bonds is 9. The number of nitrogens with zero attached hydrogens (tertiary/aromatic N) is 6. The lowest BCUT2D eigenvalue weighted by molar-refractivity contribution is -0.128. The van der Waals surface area contributed by atoms with E-state index >= 15 is 0 Å². The first-order valence-corrected chi connectivity index (χ1v) is 17.3. The first kappa shape index (κ1) is 33.8. The molecule has 47 heavy (non-hydrogen) atoms. The Bertz CT molecular complexity index is 1450. The number of halogens is 2. The first-order chi connectivity index (χ1) is 22.6. The lowest BCUT2D eigenvalue weighted by Gasteiger charge is -2.46. The number of anilines is 1. The van der Waals surface area contributed by atoms with E-state index in [4.69, 9.17) is 10.6 Å². The maximum atomic E-state index is 14.6. The number of methoxy groups -OCH3 is 1. The summed E-state index contributed by atoms with van der Waals surface area (Å²) in [6.45, 7) is 10.5. The minimum absolute atomic E-state index is 0.0195.